The maximum Gasteiger partial charge on any atom is 0.369 e. The van der Waals surface area contributed by atoms with Gasteiger partial charge in [0.15, 0.2) is 0 Å². The lowest BCUT2D eigenvalue weighted by Gasteiger charge is -2.09. The minimum atomic E-state index is 0.284. The van der Waals surface area contributed by atoms with E-state index in [4.69, 9.17) is 10.4 Å². The van der Waals surface area contributed by atoms with E-state index in [0.29, 0.717) is 12.2 Å². The van der Waals surface area contributed by atoms with E-state index >= 15 is 0 Å². The Balaban J connectivity index is 2.66. The third kappa shape index (κ3) is 1.34. The van der Waals surface area contributed by atoms with Gasteiger partial charge >= 0.3 is 6.92 Å². The van der Waals surface area contributed by atoms with Crippen LogP contribution < -0.4 is 5.73 Å². The van der Waals surface area contributed by atoms with E-state index in [-0.39, 0.29) is 5.31 Å². The monoisotopic (exact) mass is 181 g/mol. The molecule has 1 unspecified atom stereocenters. The first kappa shape index (κ1) is 10.5. The lowest BCUT2D eigenvalue weighted by Crippen LogP contribution is -2.05. The van der Waals surface area contributed by atoms with Crippen molar-refractivity contribution in [1.29, 1.82) is 0 Å². The third-order valence-electron chi connectivity index (χ3n) is 3.90. The van der Waals surface area contributed by atoms with E-state index in [1.54, 1.807) is 0 Å². The van der Waals surface area contributed by atoms with Gasteiger partial charge in [-0.2, -0.15) is 0 Å². The summed E-state index contributed by atoms with van der Waals surface area (Å²) in [5.41, 5.74) is 5.38. The fourth-order valence-electron chi connectivity index (χ4n) is 2.16. The molecule has 3 heteroatoms. The van der Waals surface area contributed by atoms with E-state index < -0.39 is 0 Å². The van der Waals surface area contributed by atoms with Crippen molar-refractivity contribution in [2.24, 2.45) is 5.73 Å². The molecule has 0 aliphatic carbocycles. The molecule has 0 saturated carbocycles. The number of rotatable bonds is 3. The Kier molecular flexibility index (Phi) is 2.39. The van der Waals surface area contributed by atoms with Crippen molar-refractivity contribution in [3.63, 3.8) is 0 Å². The highest BCUT2D eigenvalue weighted by atomic mass is 16.4. The summed E-state index contributed by atoms with van der Waals surface area (Å²) < 4.78 is 5.77. The molecule has 0 bridgehead atoms. The smallest absolute Gasteiger partial charge is 0.369 e. The zero-order valence-electron chi connectivity index (χ0n) is 9.35. The zero-order valence-corrected chi connectivity index (χ0v) is 9.35. The minimum absolute atomic E-state index is 0.284. The number of hydrogen-bond acceptors (Lipinski definition) is 2. The Morgan fingerprint density at radius 1 is 1.46 bits per heavy atom. The molecule has 0 aromatic rings. The van der Waals surface area contributed by atoms with Gasteiger partial charge in [-0.25, -0.2) is 0 Å². The molecular formula is C10H20BNO. The number of nitrogens with two attached hydrogens (primary N) is 1. The summed E-state index contributed by atoms with van der Waals surface area (Å²) in [7, 11) is 0. The van der Waals surface area contributed by atoms with Gasteiger partial charge in [0, 0.05) is 6.20 Å². The highest BCUT2D eigenvalue weighted by Gasteiger charge is 2.73. The summed E-state index contributed by atoms with van der Waals surface area (Å²) in [6, 6.07) is 0. The van der Waals surface area contributed by atoms with Crippen molar-refractivity contribution in [3.8, 4) is 0 Å². The van der Waals surface area contributed by atoms with Crippen LogP contribution in [0.25, 0.3) is 0 Å². The Labute approximate surface area is 81.6 Å². The maximum atomic E-state index is 5.77. The lowest BCUT2D eigenvalue weighted by atomic mass is 9.76. The van der Waals surface area contributed by atoms with Crippen LogP contribution in [0.15, 0.2) is 12.0 Å². The van der Waals surface area contributed by atoms with Crippen molar-refractivity contribution in [2.75, 3.05) is 0 Å². The summed E-state index contributed by atoms with van der Waals surface area (Å²) in [6.45, 7) is 11.2. The van der Waals surface area contributed by atoms with Gasteiger partial charge in [0.25, 0.3) is 0 Å². The largest absolute Gasteiger partial charge is 0.562 e. The van der Waals surface area contributed by atoms with Gasteiger partial charge in [-0.3, -0.25) is 0 Å². The minimum Gasteiger partial charge on any atom is -0.562 e. The van der Waals surface area contributed by atoms with Gasteiger partial charge in [0.05, 0.1) is 5.76 Å². The van der Waals surface area contributed by atoms with Crippen molar-refractivity contribution in [1.82, 2.24) is 0 Å². The quantitative estimate of drug-likeness (QED) is 0.536. The molecule has 13 heavy (non-hydrogen) atoms. The van der Waals surface area contributed by atoms with E-state index in [2.05, 4.69) is 27.7 Å². The van der Waals surface area contributed by atoms with E-state index in [1.165, 1.54) is 6.20 Å². The van der Waals surface area contributed by atoms with Gasteiger partial charge in [0.1, 0.15) is 0 Å². The summed E-state index contributed by atoms with van der Waals surface area (Å²) in [4.78, 5) is 0. The van der Waals surface area contributed by atoms with E-state index in [1.807, 2.05) is 6.92 Å². The van der Waals surface area contributed by atoms with Gasteiger partial charge in [-0.05, 0) is 17.6 Å². The summed E-state index contributed by atoms with van der Waals surface area (Å²) in [5.74, 6) is 0.829. The molecule has 1 fully saturated rings. The van der Waals surface area contributed by atoms with Gasteiger partial charge in [-0.15, -0.1) is 0 Å². The Bertz CT molecular complexity index is 237. The summed E-state index contributed by atoms with van der Waals surface area (Å²) in [5, 5.41) is 0.600. The second kappa shape index (κ2) is 2.97. The highest BCUT2D eigenvalue weighted by molar-refractivity contribution is 6.73. The van der Waals surface area contributed by atoms with Crippen molar-refractivity contribution < 1.29 is 4.65 Å². The highest BCUT2D eigenvalue weighted by Crippen LogP contribution is 2.76. The maximum absolute atomic E-state index is 5.77. The van der Waals surface area contributed by atoms with Gasteiger partial charge in [0.2, 0.25) is 0 Å². The third-order valence-corrected chi connectivity index (χ3v) is 3.90. The normalized spacial score (nSPS) is 31.8. The summed E-state index contributed by atoms with van der Waals surface area (Å²) in [6.07, 6.45) is 2.69. The second-order valence-corrected chi connectivity index (χ2v) is 4.77. The predicted octanol–water partition coefficient (Wildman–Crippen LogP) is 2.78. The van der Waals surface area contributed by atoms with Crippen LogP contribution in [-0.2, 0) is 4.65 Å². The van der Waals surface area contributed by atoms with Crippen LogP contribution in [0, 0.1) is 0 Å². The second-order valence-electron chi connectivity index (χ2n) is 4.77. The molecule has 0 spiro atoms. The van der Waals surface area contributed by atoms with E-state index in [9.17, 15) is 0 Å². The first-order chi connectivity index (χ1) is 5.90. The molecule has 1 aliphatic rings. The van der Waals surface area contributed by atoms with E-state index in [0.717, 1.165) is 12.2 Å². The van der Waals surface area contributed by atoms with Crippen molar-refractivity contribution in [3.05, 3.63) is 12.0 Å². The molecule has 0 aromatic carbocycles. The molecule has 2 N–H and O–H groups in total. The van der Waals surface area contributed by atoms with Crippen LogP contribution in [0.4, 0.5) is 0 Å². The molecule has 1 heterocycles. The molecule has 2 nitrogen and oxygen atoms in total. The molecule has 0 radical (unpaired) electrons. The lowest BCUT2D eigenvalue weighted by molar-refractivity contribution is 0.440. The number of hydrogen-bond donors (Lipinski definition) is 1. The molecule has 1 aliphatic heterocycles. The first-order valence-electron chi connectivity index (χ1n) is 4.95. The van der Waals surface area contributed by atoms with Gasteiger partial charge in [-0.1, -0.05) is 34.1 Å². The topological polar surface area (TPSA) is 35.2 Å². The fraction of sp³-hybridized carbons (Fsp3) is 0.800. The average molecular weight is 181 g/mol. The molecule has 0 amide bonds. The summed E-state index contributed by atoms with van der Waals surface area (Å²) >= 11 is 0. The molecule has 1 atom stereocenters. The standard InChI is InChI=1S/C10H20BNO/c1-6-10(5)9(3,4)11(10)13-8(2)7-12/h7H,6,12H2,1-5H3/b8-7+. The van der Waals surface area contributed by atoms with Crippen LogP contribution >= 0.6 is 0 Å². The van der Waals surface area contributed by atoms with Crippen LogP contribution in [0.2, 0.25) is 10.6 Å². The Morgan fingerprint density at radius 2 is 2.00 bits per heavy atom. The van der Waals surface area contributed by atoms with Crippen LogP contribution in [-0.4, -0.2) is 6.92 Å². The molecule has 0 aromatic heterocycles. The van der Waals surface area contributed by atoms with Gasteiger partial charge < -0.3 is 10.4 Å². The van der Waals surface area contributed by atoms with Crippen LogP contribution in [0.1, 0.15) is 41.0 Å². The van der Waals surface area contributed by atoms with Crippen molar-refractivity contribution >= 4 is 6.92 Å². The average Bonchev–Trinajstić information content (AvgIpc) is 2.51. The first-order valence-corrected chi connectivity index (χ1v) is 4.95. The molecular weight excluding hydrogens is 161 g/mol. The van der Waals surface area contributed by atoms with Crippen molar-refractivity contribution in [2.45, 2.75) is 51.7 Å². The van der Waals surface area contributed by atoms with Crippen LogP contribution in [0.5, 0.6) is 0 Å². The Hall–Kier alpha value is -0.595. The SMILES string of the molecule is CCC1(C)B(O/C(C)=C/N)C1(C)C. The number of allylic oxidation sites excluding steroid dienone is 1. The Morgan fingerprint density at radius 3 is 2.31 bits per heavy atom. The predicted molar refractivity (Wildman–Crippen MR) is 57.5 cm³/mol. The molecule has 1 saturated heterocycles. The van der Waals surface area contributed by atoms with Crippen LogP contribution in [0.3, 0.4) is 0 Å². The molecule has 74 valence electrons. The zero-order chi connectivity index (χ0) is 10.3. The fourth-order valence-corrected chi connectivity index (χ4v) is 2.16. The molecule has 1 rings (SSSR count).